The summed E-state index contributed by atoms with van der Waals surface area (Å²) in [5.74, 6) is -0.206. The Labute approximate surface area is 78.4 Å². The van der Waals surface area contributed by atoms with E-state index in [0.29, 0.717) is 5.56 Å². The van der Waals surface area contributed by atoms with Crippen LogP contribution in [0.25, 0.3) is 0 Å². The number of hydrogen-bond donors (Lipinski definition) is 2. The van der Waals surface area contributed by atoms with Crippen molar-refractivity contribution < 1.29 is 13.6 Å². The maximum Gasteiger partial charge on any atom is 0.232 e. The normalized spacial score (nSPS) is 12.4. The SMILES string of the molecule is O=C(CNS(=O)O)c1ccccc1. The Bertz CT molecular complexity index is 312. The van der Waals surface area contributed by atoms with Gasteiger partial charge in [0.05, 0.1) is 6.54 Å². The van der Waals surface area contributed by atoms with Gasteiger partial charge >= 0.3 is 0 Å². The first-order valence-electron chi connectivity index (χ1n) is 3.63. The van der Waals surface area contributed by atoms with Crippen LogP contribution in [0.5, 0.6) is 0 Å². The first kappa shape index (κ1) is 10.0. The number of carbonyl (C=O) groups excluding carboxylic acids is 1. The van der Waals surface area contributed by atoms with E-state index in [2.05, 4.69) is 4.72 Å². The van der Waals surface area contributed by atoms with Crippen LogP contribution in [-0.2, 0) is 11.3 Å². The molecule has 5 heteroatoms. The molecule has 2 N–H and O–H groups in total. The third-order valence-corrected chi connectivity index (χ3v) is 1.84. The zero-order valence-corrected chi connectivity index (χ0v) is 7.58. The van der Waals surface area contributed by atoms with Crippen LogP contribution < -0.4 is 4.72 Å². The van der Waals surface area contributed by atoms with Gasteiger partial charge in [-0.05, 0) is 0 Å². The molecule has 0 amide bonds. The lowest BCUT2D eigenvalue weighted by atomic mass is 10.1. The fourth-order valence-corrected chi connectivity index (χ4v) is 1.11. The predicted octanol–water partition coefficient (Wildman–Crippen LogP) is 0.596. The largest absolute Gasteiger partial charge is 0.294 e. The number of hydrogen-bond acceptors (Lipinski definition) is 2. The van der Waals surface area contributed by atoms with Crippen LogP contribution in [0.2, 0.25) is 0 Å². The zero-order valence-electron chi connectivity index (χ0n) is 6.77. The minimum Gasteiger partial charge on any atom is -0.294 e. The number of rotatable bonds is 4. The van der Waals surface area contributed by atoms with Gasteiger partial charge in [0.1, 0.15) is 0 Å². The number of Topliss-reactive ketones (excluding diaryl/α,β-unsaturated/α-hetero) is 1. The third-order valence-electron chi connectivity index (χ3n) is 1.45. The molecular formula is C8H9NO3S. The van der Waals surface area contributed by atoms with Gasteiger partial charge in [0, 0.05) is 5.56 Å². The average molecular weight is 199 g/mol. The van der Waals surface area contributed by atoms with Crippen LogP contribution >= 0.6 is 0 Å². The third kappa shape index (κ3) is 3.45. The van der Waals surface area contributed by atoms with Crippen LogP contribution in [0.15, 0.2) is 30.3 Å². The van der Waals surface area contributed by atoms with E-state index in [4.69, 9.17) is 4.55 Å². The fraction of sp³-hybridized carbons (Fsp3) is 0.125. The highest BCUT2D eigenvalue weighted by Gasteiger charge is 2.04. The van der Waals surface area contributed by atoms with Crippen molar-refractivity contribution in [1.29, 1.82) is 0 Å². The molecule has 0 radical (unpaired) electrons. The van der Waals surface area contributed by atoms with Gasteiger partial charge in [-0.1, -0.05) is 30.3 Å². The molecule has 0 saturated carbocycles. The summed E-state index contributed by atoms with van der Waals surface area (Å²) in [6.07, 6.45) is 0. The molecule has 1 aromatic rings. The predicted molar refractivity (Wildman–Crippen MR) is 49.5 cm³/mol. The van der Waals surface area contributed by atoms with Crippen LogP contribution in [0.4, 0.5) is 0 Å². The molecule has 70 valence electrons. The van der Waals surface area contributed by atoms with Crippen molar-refractivity contribution >= 4 is 17.0 Å². The summed E-state index contributed by atoms with van der Waals surface area (Å²) in [4.78, 5) is 11.2. The lowest BCUT2D eigenvalue weighted by Gasteiger charge is -1.98. The van der Waals surface area contributed by atoms with E-state index in [1.165, 1.54) is 0 Å². The topological polar surface area (TPSA) is 66.4 Å². The van der Waals surface area contributed by atoms with Crippen LogP contribution in [0.1, 0.15) is 10.4 Å². The molecule has 0 aliphatic rings. The highest BCUT2D eigenvalue weighted by atomic mass is 32.2. The van der Waals surface area contributed by atoms with E-state index in [9.17, 15) is 9.00 Å². The molecule has 1 unspecified atom stereocenters. The monoisotopic (exact) mass is 199 g/mol. The molecule has 0 aromatic heterocycles. The lowest BCUT2D eigenvalue weighted by molar-refractivity contribution is 0.0997. The first-order valence-corrected chi connectivity index (χ1v) is 4.73. The standard InChI is InChI=1S/C8H9NO3S/c10-8(6-9-13(11)12)7-4-2-1-3-5-7/h1-5,9H,6H2,(H,11,12). The molecule has 0 spiro atoms. The number of nitrogens with one attached hydrogen (secondary N) is 1. The van der Waals surface area contributed by atoms with E-state index < -0.39 is 11.3 Å². The Morgan fingerprint density at radius 1 is 1.38 bits per heavy atom. The zero-order chi connectivity index (χ0) is 9.68. The van der Waals surface area contributed by atoms with Crippen LogP contribution in [-0.4, -0.2) is 21.1 Å². The Balaban J connectivity index is 2.54. The molecule has 0 saturated heterocycles. The Morgan fingerprint density at radius 3 is 2.54 bits per heavy atom. The van der Waals surface area contributed by atoms with Gasteiger partial charge in [-0.2, -0.15) is 0 Å². The van der Waals surface area contributed by atoms with Gasteiger partial charge in [-0.3, -0.25) is 9.35 Å². The van der Waals surface area contributed by atoms with E-state index in [1.54, 1.807) is 30.3 Å². The van der Waals surface area contributed by atoms with Crippen molar-refractivity contribution in [2.75, 3.05) is 6.54 Å². The lowest BCUT2D eigenvalue weighted by Crippen LogP contribution is -2.24. The summed E-state index contributed by atoms with van der Waals surface area (Å²) in [5.41, 5.74) is 0.528. The number of benzene rings is 1. The highest BCUT2D eigenvalue weighted by Crippen LogP contribution is 1.98. The van der Waals surface area contributed by atoms with Gasteiger partial charge < -0.3 is 0 Å². The average Bonchev–Trinajstić information content (AvgIpc) is 2.15. The van der Waals surface area contributed by atoms with Crippen molar-refractivity contribution in [3.05, 3.63) is 35.9 Å². The summed E-state index contributed by atoms with van der Waals surface area (Å²) in [6.45, 7) is -0.132. The second-order valence-corrected chi connectivity index (χ2v) is 3.15. The molecule has 4 nitrogen and oxygen atoms in total. The van der Waals surface area contributed by atoms with E-state index in [1.807, 2.05) is 0 Å². The van der Waals surface area contributed by atoms with Gasteiger partial charge in [0.2, 0.25) is 11.3 Å². The second kappa shape index (κ2) is 4.86. The maximum atomic E-state index is 11.2. The van der Waals surface area contributed by atoms with E-state index in [0.717, 1.165) is 0 Å². The van der Waals surface area contributed by atoms with Crippen molar-refractivity contribution in [2.45, 2.75) is 0 Å². The van der Waals surface area contributed by atoms with Crippen molar-refractivity contribution in [1.82, 2.24) is 4.72 Å². The smallest absolute Gasteiger partial charge is 0.232 e. The van der Waals surface area contributed by atoms with Crippen molar-refractivity contribution in [3.63, 3.8) is 0 Å². The van der Waals surface area contributed by atoms with Gasteiger partial charge in [-0.25, -0.2) is 8.93 Å². The molecule has 0 aliphatic heterocycles. The fourth-order valence-electron chi connectivity index (χ4n) is 0.853. The van der Waals surface area contributed by atoms with Crippen molar-refractivity contribution in [3.8, 4) is 0 Å². The second-order valence-electron chi connectivity index (χ2n) is 2.36. The quantitative estimate of drug-likeness (QED) is 0.551. The number of ketones is 1. The van der Waals surface area contributed by atoms with Gasteiger partial charge in [-0.15, -0.1) is 0 Å². The van der Waals surface area contributed by atoms with Crippen LogP contribution in [0, 0.1) is 0 Å². The minimum atomic E-state index is -2.13. The Morgan fingerprint density at radius 2 is 2.00 bits per heavy atom. The molecule has 1 rings (SSSR count). The summed E-state index contributed by atoms with van der Waals surface area (Å²) in [5, 5.41) is 0. The summed E-state index contributed by atoms with van der Waals surface area (Å²) in [6, 6.07) is 8.59. The summed E-state index contributed by atoms with van der Waals surface area (Å²) in [7, 11) is 0. The minimum absolute atomic E-state index is 0.132. The molecule has 0 fully saturated rings. The van der Waals surface area contributed by atoms with Crippen LogP contribution in [0.3, 0.4) is 0 Å². The molecular weight excluding hydrogens is 190 g/mol. The molecule has 1 aromatic carbocycles. The Kier molecular flexibility index (Phi) is 3.75. The van der Waals surface area contributed by atoms with E-state index in [-0.39, 0.29) is 12.3 Å². The molecule has 0 heterocycles. The summed E-state index contributed by atoms with van der Waals surface area (Å²) < 4.78 is 20.7. The van der Waals surface area contributed by atoms with Crippen molar-refractivity contribution in [2.24, 2.45) is 0 Å². The number of carbonyl (C=O) groups is 1. The van der Waals surface area contributed by atoms with Gasteiger partial charge in [0.15, 0.2) is 5.78 Å². The molecule has 0 aliphatic carbocycles. The summed E-state index contributed by atoms with van der Waals surface area (Å²) >= 11 is -2.13. The molecule has 1 atom stereocenters. The van der Waals surface area contributed by atoms with E-state index >= 15 is 0 Å². The molecule has 13 heavy (non-hydrogen) atoms. The first-order chi connectivity index (χ1) is 6.20. The molecule has 0 bridgehead atoms. The van der Waals surface area contributed by atoms with Gasteiger partial charge in [0.25, 0.3) is 0 Å². The maximum absolute atomic E-state index is 11.2. The Hall–Kier alpha value is -1.04. The highest BCUT2D eigenvalue weighted by molar-refractivity contribution is 7.77.